The monoisotopic (exact) mass is 324 g/mol. The van der Waals surface area contributed by atoms with Crippen molar-refractivity contribution in [1.82, 2.24) is 10.2 Å². The van der Waals surface area contributed by atoms with Gasteiger partial charge >= 0.3 is 0 Å². The molecule has 0 aliphatic carbocycles. The Bertz CT molecular complexity index is 656. The van der Waals surface area contributed by atoms with E-state index in [0.717, 1.165) is 11.1 Å². The second-order valence-corrected chi connectivity index (χ2v) is 6.08. The predicted molar refractivity (Wildman–Crippen MR) is 95.5 cm³/mol. The zero-order valence-electron chi connectivity index (χ0n) is 14.2. The van der Waals surface area contributed by atoms with Crippen LogP contribution < -0.4 is 5.32 Å². The molecule has 4 heteroatoms. The molecule has 0 aliphatic heterocycles. The van der Waals surface area contributed by atoms with Crippen LogP contribution in [0.5, 0.6) is 0 Å². The molecule has 2 rings (SSSR count). The highest BCUT2D eigenvalue weighted by Gasteiger charge is 2.18. The van der Waals surface area contributed by atoms with Crippen LogP contribution in [0.25, 0.3) is 0 Å². The number of likely N-dealkylation sites (N-methyl/N-ethyl adjacent to an activating group) is 1. The Labute approximate surface area is 143 Å². The highest BCUT2D eigenvalue weighted by molar-refractivity contribution is 5.88. The Balaban J connectivity index is 1.87. The normalized spacial score (nSPS) is 12.0. The van der Waals surface area contributed by atoms with Gasteiger partial charge < -0.3 is 5.32 Å². The third kappa shape index (κ3) is 5.97. The first-order chi connectivity index (χ1) is 11.5. The summed E-state index contributed by atoms with van der Waals surface area (Å²) in [6, 6.07) is 19.2. The molecule has 0 aromatic heterocycles. The molecular formula is C20H24N2O2. The molecule has 0 spiro atoms. The summed E-state index contributed by atoms with van der Waals surface area (Å²) < 4.78 is 0. The van der Waals surface area contributed by atoms with Crippen LogP contribution in [0.3, 0.4) is 0 Å². The number of amides is 1. The molecule has 126 valence electrons. The Kier molecular flexibility index (Phi) is 6.70. The van der Waals surface area contributed by atoms with Crippen LogP contribution in [-0.4, -0.2) is 36.2 Å². The Morgan fingerprint density at radius 2 is 1.50 bits per heavy atom. The van der Waals surface area contributed by atoms with Crippen molar-refractivity contribution in [3.8, 4) is 0 Å². The number of rotatable bonds is 8. The summed E-state index contributed by atoms with van der Waals surface area (Å²) >= 11 is 0. The molecule has 0 aliphatic rings. The van der Waals surface area contributed by atoms with Crippen LogP contribution in [0.4, 0.5) is 0 Å². The zero-order valence-corrected chi connectivity index (χ0v) is 14.2. The van der Waals surface area contributed by atoms with Crippen LogP contribution in [-0.2, 0) is 22.6 Å². The van der Waals surface area contributed by atoms with E-state index in [-0.39, 0.29) is 18.2 Å². The summed E-state index contributed by atoms with van der Waals surface area (Å²) in [5.74, 6) is -0.164. The highest BCUT2D eigenvalue weighted by Crippen LogP contribution is 2.05. The first-order valence-electron chi connectivity index (χ1n) is 8.11. The molecule has 0 saturated carbocycles. The van der Waals surface area contributed by atoms with Crippen LogP contribution in [0.2, 0.25) is 0 Å². The van der Waals surface area contributed by atoms with E-state index < -0.39 is 6.04 Å². The van der Waals surface area contributed by atoms with Gasteiger partial charge in [-0.2, -0.15) is 0 Å². The average molecular weight is 324 g/mol. The molecule has 2 aromatic carbocycles. The Morgan fingerprint density at radius 3 is 2.04 bits per heavy atom. The number of benzene rings is 2. The number of carbonyl (C=O) groups excluding carboxylic acids is 2. The second kappa shape index (κ2) is 8.99. The minimum atomic E-state index is -0.481. The third-order valence-corrected chi connectivity index (χ3v) is 3.82. The topological polar surface area (TPSA) is 49.4 Å². The third-order valence-electron chi connectivity index (χ3n) is 3.82. The van der Waals surface area contributed by atoms with Crippen LogP contribution in [0.15, 0.2) is 60.7 Å². The fourth-order valence-corrected chi connectivity index (χ4v) is 2.58. The average Bonchev–Trinajstić information content (AvgIpc) is 2.55. The lowest BCUT2D eigenvalue weighted by molar-refractivity contribution is -0.127. The van der Waals surface area contributed by atoms with Gasteiger partial charge in [0.05, 0.1) is 12.6 Å². The van der Waals surface area contributed by atoms with E-state index in [9.17, 15) is 9.59 Å². The van der Waals surface area contributed by atoms with Crippen molar-refractivity contribution in [1.29, 1.82) is 0 Å². The maximum Gasteiger partial charge on any atom is 0.234 e. The Hall–Kier alpha value is -2.46. The maximum atomic E-state index is 12.2. The molecule has 24 heavy (non-hydrogen) atoms. The first-order valence-corrected chi connectivity index (χ1v) is 8.11. The van der Waals surface area contributed by atoms with Crippen molar-refractivity contribution in [2.45, 2.75) is 25.9 Å². The van der Waals surface area contributed by atoms with Crippen molar-refractivity contribution in [2.75, 3.05) is 13.6 Å². The summed E-state index contributed by atoms with van der Waals surface area (Å²) in [5, 5.41) is 2.85. The van der Waals surface area contributed by atoms with E-state index in [1.165, 1.54) is 6.92 Å². The zero-order chi connectivity index (χ0) is 17.4. The molecule has 1 amide bonds. The van der Waals surface area contributed by atoms with E-state index in [4.69, 9.17) is 0 Å². The van der Waals surface area contributed by atoms with E-state index in [0.29, 0.717) is 13.0 Å². The first kappa shape index (κ1) is 17.9. The van der Waals surface area contributed by atoms with E-state index in [2.05, 4.69) is 5.32 Å². The van der Waals surface area contributed by atoms with E-state index >= 15 is 0 Å². The van der Waals surface area contributed by atoms with Gasteiger partial charge in [-0.1, -0.05) is 60.7 Å². The van der Waals surface area contributed by atoms with Gasteiger partial charge in [-0.15, -0.1) is 0 Å². The molecule has 1 N–H and O–H groups in total. The highest BCUT2D eigenvalue weighted by atomic mass is 16.2. The molecular weight excluding hydrogens is 300 g/mol. The smallest absolute Gasteiger partial charge is 0.234 e. The summed E-state index contributed by atoms with van der Waals surface area (Å²) in [6.45, 7) is 2.46. The number of carbonyl (C=O) groups is 2. The van der Waals surface area contributed by atoms with Crippen molar-refractivity contribution < 1.29 is 9.59 Å². The molecule has 1 unspecified atom stereocenters. The number of nitrogens with zero attached hydrogens (tertiary/aromatic N) is 1. The van der Waals surface area contributed by atoms with Gasteiger partial charge in [0.15, 0.2) is 5.78 Å². The lowest BCUT2D eigenvalue weighted by Gasteiger charge is -2.20. The second-order valence-electron chi connectivity index (χ2n) is 6.08. The van der Waals surface area contributed by atoms with Gasteiger partial charge in [0, 0.05) is 6.54 Å². The fraction of sp³-hybridized carbons (Fsp3) is 0.300. The van der Waals surface area contributed by atoms with Gasteiger partial charge in [0.2, 0.25) is 5.91 Å². The quantitative estimate of drug-likeness (QED) is 0.811. The predicted octanol–water partition coefficient (Wildman–Crippen LogP) is 2.43. The molecule has 0 bridgehead atoms. The number of Topliss-reactive ketones (excluding diaryl/α,β-unsaturated/α-hetero) is 1. The van der Waals surface area contributed by atoms with Crippen molar-refractivity contribution in [3.05, 3.63) is 71.8 Å². The minimum Gasteiger partial charge on any atom is -0.345 e. The SMILES string of the molecule is CC(=O)C(Cc1ccccc1)NC(=O)CN(C)Cc1ccccc1. The number of nitrogens with one attached hydrogen (secondary N) is 1. The summed E-state index contributed by atoms with van der Waals surface area (Å²) in [7, 11) is 1.90. The molecule has 4 nitrogen and oxygen atoms in total. The largest absolute Gasteiger partial charge is 0.345 e. The summed E-state index contributed by atoms with van der Waals surface area (Å²) in [6.07, 6.45) is 0.518. The van der Waals surface area contributed by atoms with E-state index in [1.807, 2.05) is 72.6 Å². The lowest BCUT2D eigenvalue weighted by Crippen LogP contribution is -2.45. The van der Waals surface area contributed by atoms with Crippen LogP contribution in [0.1, 0.15) is 18.1 Å². The maximum absolute atomic E-state index is 12.2. The minimum absolute atomic E-state index is 0.0297. The number of ketones is 1. The summed E-state index contributed by atoms with van der Waals surface area (Å²) in [4.78, 5) is 26.0. The number of hydrogen-bond donors (Lipinski definition) is 1. The standard InChI is InChI=1S/C20H24N2O2/c1-16(23)19(13-17-9-5-3-6-10-17)21-20(24)15-22(2)14-18-11-7-4-8-12-18/h3-12,19H,13-15H2,1-2H3,(H,21,24). The summed E-state index contributed by atoms with van der Waals surface area (Å²) in [5.41, 5.74) is 2.19. The molecule has 2 aromatic rings. The molecule has 0 heterocycles. The number of hydrogen-bond acceptors (Lipinski definition) is 3. The van der Waals surface area contributed by atoms with Gasteiger partial charge in [-0.25, -0.2) is 0 Å². The molecule has 0 saturated heterocycles. The fourth-order valence-electron chi connectivity index (χ4n) is 2.58. The van der Waals surface area contributed by atoms with Crippen molar-refractivity contribution in [2.24, 2.45) is 0 Å². The van der Waals surface area contributed by atoms with Gasteiger partial charge in [-0.05, 0) is 31.5 Å². The van der Waals surface area contributed by atoms with Crippen LogP contribution >= 0.6 is 0 Å². The lowest BCUT2D eigenvalue weighted by atomic mass is 10.0. The molecule has 1 atom stereocenters. The molecule has 0 radical (unpaired) electrons. The van der Waals surface area contributed by atoms with Crippen molar-refractivity contribution in [3.63, 3.8) is 0 Å². The van der Waals surface area contributed by atoms with Crippen LogP contribution in [0, 0.1) is 0 Å². The van der Waals surface area contributed by atoms with Gasteiger partial charge in [-0.3, -0.25) is 14.5 Å². The molecule has 0 fully saturated rings. The van der Waals surface area contributed by atoms with Gasteiger partial charge in [0.1, 0.15) is 0 Å². The Morgan fingerprint density at radius 1 is 0.958 bits per heavy atom. The van der Waals surface area contributed by atoms with Crippen molar-refractivity contribution >= 4 is 11.7 Å². The van der Waals surface area contributed by atoms with E-state index in [1.54, 1.807) is 0 Å². The van der Waals surface area contributed by atoms with Gasteiger partial charge in [0.25, 0.3) is 0 Å².